The molecule has 0 spiro atoms. The smallest absolute Gasteiger partial charge is 0.0340 e. The Kier molecular flexibility index (Phi) is 6.22. The molecule has 0 unspecified atom stereocenters. The van der Waals surface area contributed by atoms with E-state index in [1.165, 1.54) is 69.4 Å². The molecule has 2 nitrogen and oxygen atoms in total. The van der Waals surface area contributed by atoms with Gasteiger partial charge in [0.1, 0.15) is 0 Å². The average molecular weight is 260 g/mol. The summed E-state index contributed by atoms with van der Waals surface area (Å²) in [6.45, 7) is 7.21. The van der Waals surface area contributed by atoms with Crippen molar-refractivity contribution in [2.45, 2.75) is 45.4 Å². The van der Waals surface area contributed by atoms with Gasteiger partial charge in [0.25, 0.3) is 0 Å². The topological polar surface area (TPSA) is 15.3 Å². The van der Waals surface area contributed by atoms with Crippen molar-refractivity contribution in [2.24, 2.45) is 0 Å². The Labute approximate surface area is 118 Å². The third-order valence-corrected chi connectivity index (χ3v) is 3.95. The Morgan fingerprint density at radius 1 is 1.05 bits per heavy atom. The number of benzene rings is 1. The van der Waals surface area contributed by atoms with Gasteiger partial charge >= 0.3 is 0 Å². The maximum atomic E-state index is 3.53. The van der Waals surface area contributed by atoms with Gasteiger partial charge in [-0.05, 0) is 69.4 Å². The van der Waals surface area contributed by atoms with Gasteiger partial charge in [0.2, 0.25) is 0 Å². The third-order valence-electron chi connectivity index (χ3n) is 3.95. The molecule has 0 saturated carbocycles. The number of aryl methyl sites for hydroxylation is 1. The number of anilines is 1. The van der Waals surface area contributed by atoms with Crippen molar-refractivity contribution >= 4 is 5.69 Å². The van der Waals surface area contributed by atoms with E-state index in [0.29, 0.717) is 0 Å². The van der Waals surface area contributed by atoms with Gasteiger partial charge in [0, 0.05) is 12.2 Å². The van der Waals surface area contributed by atoms with Crippen LogP contribution < -0.4 is 5.32 Å². The molecule has 0 aliphatic carbocycles. The van der Waals surface area contributed by atoms with Crippen molar-refractivity contribution in [1.29, 1.82) is 0 Å². The first-order valence-electron chi connectivity index (χ1n) is 7.93. The molecule has 2 heteroatoms. The van der Waals surface area contributed by atoms with E-state index in [1.54, 1.807) is 0 Å². The zero-order valence-electron chi connectivity index (χ0n) is 12.3. The van der Waals surface area contributed by atoms with Gasteiger partial charge in [-0.15, -0.1) is 0 Å². The molecular formula is C17H28N2. The second kappa shape index (κ2) is 8.21. The van der Waals surface area contributed by atoms with Crippen molar-refractivity contribution in [3.8, 4) is 0 Å². The molecule has 2 rings (SSSR count). The minimum atomic E-state index is 1.09. The van der Waals surface area contributed by atoms with Gasteiger partial charge in [-0.1, -0.05) is 25.5 Å². The van der Waals surface area contributed by atoms with E-state index in [1.807, 2.05) is 0 Å². The first-order valence-corrected chi connectivity index (χ1v) is 7.93. The van der Waals surface area contributed by atoms with Crippen LogP contribution >= 0.6 is 0 Å². The molecule has 0 atom stereocenters. The van der Waals surface area contributed by atoms with E-state index >= 15 is 0 Å². The van der Waals surface area contributed by atoms with Gasteiger partial charge in [0.15, 0.2) is 0 Å². The Bertz CT molecular complexity index is 339. The number of rotatable bonds is 8. The number of likely N-dealkylation sites (tertiary alicyclic amines) is 1. The van der Waals surface area contributed by atoms with Crippen LogP contribution in [-0.4, -0.2) is 31.1 Å². The SMILES string of the molecule is CCCCc1ccc(NCCCN2CCCC2)cc1. The van der Waals surface area contributed by atoms with Gasteiger partial charge in [0.05, 0.1) is 0 Å². The summed E-state index contributed by atoms with van der Waals surface area (Å²) in [5.74, 6) is 0. The maximum Gasteiger partial charge on any atom is 0.0340 e. The molecule has 0 bridgehead atoms. The van der Waals surface area contributed by atoms with Crippen LogP contribution in [-0.2, 0) is 6.42 Å². The fourth-order valence-electron chi connectivity index (χ4n) is 2.71. The van der Waals surface area contributed by atoms with E-state index in [0.717, 1.165) is 6.54 Å². The minimum absolute atomic E-state index is 1.09. The Balaban J connectivity index is 1.62. The molecule has 1 saturated heterocycles. The molecule has 1 aromatic carbocycles. The van der Waals surface area contributed by atoms with Crippen LogP contribution in [0.2, 0.25) is 0 Å². The fraction of sp³-hybridized carbons (Fsp3) is 0.647. The zero-order valence-corrected chi connectivity index (χ0v) is 12.3. The summed E-state index contributed by atoms with van der Waals surface area (Å²) in [5.41, 5.74) is 2.73. The van der Waals surface area contributed by atoms with Crippen LogP contribution in [0.25, 0.3) is 0 Å². The lowest BCUT2D eigenvalue weighted by Gasteiger charge is -2.14. The van der Waals surface area contributed by atoms with Crippen molar-refractivity contribution in [3.63, 3.8) is 0 Å². The highest BCUT2D eigenvalue weighted by atomic mass is 15.1. The summed E-state index contributed by atoms with van der Waals surface area (Å²) in [5, 5.41) is 3.53. The molecule has 1 heterocycles. The van der Waals surface area contributed by atoms with E-state index in [4.69, 9.17) is 0 Å². The first-order chi connectivity index (χ1) is 9.38. The van der Waals surface area contributed by atoms with Crippen LogP contribution in [0.3, 0.4) is 0 Å². The monoisotopic (exact) mass is 260 g/mol. The predicted molar refractivity (Wildman–Crippen MR) is 83.8 cm³/mol. The van der Waals surface area contributed by atoms with Crippen LogP contribution in [0.5, 0.6) is 0 Å². The molecule has 1 aromatic rings. The first kappa shape index (κ1) is 14.4. The second-order valence-corrected chi connectivity index (χ2v) is 5.63. The van der Waals surface area contributed by atoms with Crippen molar-refractivity contribution in [2.75, 3.05) is 31.5 Å². The van der Waals surface area contributed by atoms with E-state index in [2.05, 4.69) is 41.4 Å². The number of hydrogen-bond acceptors (Lipinski definition) is 2. The zero-order chi connectivity index (χ0) is 13.3. The van der Waals surface area contributed by atoms with Gasteiger partial charge in [-0.3, -0.25) is 0 Å². The number of nitrogens with zero attached hydrogens (tertiary/aromatic N) is 1. The van der Waals surface area contributed by atoms with Crippen molar-refractivity contribution < 1.29 is 0 Å². The molecule has 1 aliphatic rings. The summed E-state index contributed by atoms with van der Waals surface area (Å²) in [6, 6.07) is 8.97. The van der Waals surface area contributed by atoms with Crippen LogP contribution in [0, 0.1) is 0 Å². The quantitative estimate of drug-likeness (QED) is 0.713. The summed E-state index contributed by atoms with van der Waals surface area (Å²) < 4.78 is 0. The molecule has 1 fully saturated rings. The number of hydrogen-bond donors (Lipinski definition) is 1. The molecule has 0 amide bonds. The number of unbranched alkanes of at least 4 members (excludes halogenated alkanes) is 1. The highest BCUT2D eigenvalue weighted by Gasteiger charge is 2.09. The maximum absolute atomic E-state index is 3.53. The minimum Gasteiger partial charge on any atom is -0.385 e. The standard InChI is InChI=1S/C17H28N2/c1-2-3-7-16-8-10-17(11-9-16)18-12-6-15-19-13-4-5-14-19/h8-11,18H,2-7,12-15H2,1H3. The Hall–Kier alpha value is -1.02. The number of nitrogens with one attached hydrogen (secondary N) is 1. The van der Waals surface area contributed by atoms with Gasteiger partial charge in [-0.25, -0.2) is 0 Å². The molecule has 0 radical (unpaired) electrons. The van der Waals surface area contributed by atoms with Gasteiger partial charge < -0.3 is 10.2 Å². The highest BCUT2D eigenvalue weighted by molar-refractivity contribution is 5.44. The Morgan fingerprint density at radius 3 is 2.47 bits per heavy atom. The molecule has 0 aromatic heterocycles. The summed E-state index contributed by atoms with van der Waals surface area (Å²) in [6.07, 6.45) is 7.82. The summed E-state index contributed by atoms with van der Waals surface area (Å²) in [7, 11) is 0. The van der Waals surface area contributed by atoms with E-state index in [9.17, 15) is 0 Å². The van der Waals surface area contributed by atoms with Crippen molar-refractivity contribution in [1.82, 2.24) is 4.90 Å². The lowest BCUT2D eigenvalue weighted by atomic mass is 10.1. The fourth-order valence-corrected chi connectivity index (χ4v) is 2.71. The predicted octanol–water partition coefficient (Wildman–Crippen LogP) is 3.93. The van der Waals surface area contributed by atoms with Crippen LogP contribution in [0.1, 0.15) is 44.6 Å². The second-order valence-electron chi connectivity index (χ2n) is 5.63. The lowest BCUT2D eigenvalue weighted by Crippen LogP contribution is -2.22. The largest absolute Gasteiger partial charge is 0.385 e. The molecule has 1 aliphatic heterocycles. The van der Waals surface area contributed by atoms with Crippen LogP contribution in [0.4, 0.5) is 5.69 Å². The highest BCUT2D eigenvalue weighted by Crippen LogP contribution is 2.12. The summed E-state index contributed by atoms with van der Waals surface area (Å²) in [4.78, 5) is 2.58. The van der Waals surface area contributed by atoms with E-state index in [-0.39, 0.29) is 0 Å². The van der Waals surface area contributed by atoms with Gasteiger partial charge in [-0.2, -0.15) is 0 Å². The van der Waals surface area contributed by atoms with Crippen LogP contribution in [0.15, 0.2) is 24.3 Å². The van der Waals surface area contributed by atoms with Crippen molar-refractivity contribution in [3.05, 3.63) is 29.8 Å². The molecule has 1 N–H and O–H groups in total. The average Bonchev–Trinajstić information content (AvgIpc) is 2.96. The third kappa shape index (κ3) is 5.23. The summed E-state index contributed by atoms with van der Waals surface area (Å²) >= 11 is 0. The molecule has 106 valence electrons. The molecular weight excluding hydrogens is 232 g/mol. The molecule has 19 heavy (non-hydrogen) atoms. The van der Waals surface area contributed by atoms with E-state index < -0.39 is 0 Å². The lowest BCUT2D eigenvalue weighted by molar-refractivity contribution is 0.337. The Morgan fingerprint density at radius 2 is 1.79 bits per heavy atom. The normalized spacial score (nSPS) is 15.8.